The summed E-state index contributed by atoms with van der Waals surface area (Å²) >= 11 is 0. The SMILES string of the molecule is CC(=O)Nc1ccc(OCCOCCOCCOCCOCCOCCOCCOCCOCCOCc2ccccc2)cc1. The van der Waals surface area contributed by atoms with Gasteiger partial charge in [0, 0.05) is 12.6 Å². The van der Waals surface area contributed by atoms with Gasteiger partial charge in [0.1, 0.15) is 12.4 Å². The van der Waals surface area contributed by atoms with E-state index in [1.54, 1.807) is 24.3 Å². The van der Waals surface area contributed by atoms with Crippen molar-refractivity contribution in [2.45, 2.75) is 13.5 Å². The quantitative estimate of drug-likeness (QED) is 0.123. The van der Waals surface area contributed by atoms with Crippen molar-refractivity contribution in [2.75, 3.05) is 124 Å². The lowest BCUT2D eigenvalue weighted by Gasteiger charge is -2.09. The van der Waals surface area contributed by atoms with Crippen molar-refractivity contribution < 1.29 is 52.2 Å². The number of benzene rings is 2. The topological polar surface area (TPSA) is 121 Å². The molecule has 0 aliphatic heterocycles. The third-order valence-corrected chi connectivity index (χ3v) is 5.76. The van der Waals surface area contributed by atoms with Gasteiger partial charge in [-0.25, -0.2) is 0 Å². The molecule has 0 aromatic heterocycles. The third kappa shape index (κ3) is 24.3. The lowest BCUT2D eigenvalue weighted by Crippen LogP contribution is -2.15. The maximum Gasteiger partial charge on any atom is 0.221 e. The number of ether oxygens (including phenoxy) is 10. The van der Waals surface area contributed by atoms with Crippen LogP contribution in [0.4, 0.5) is 5.69 Å². The minimum absolute atomic E-state index is 0.107. The summed E-state index contributed by atoms with van der Waals surface area (Å²) in [7, 11) is 0. The first-order chi connectivity index (χ1) is 22.2. The number of carbonyl (C=O) groups is 1. The van der Waals surface area contributed by atoms with Crippen molar-refractivity contribution >= 4 is 11.6 Å². The predicted octanol–water partition coefficient (Wildman–Crippen LogP) is 3.37. The molecule has 0 unspecified atom stereocenters. The zero-order valence-corrected chi connectivity index (χ0v) is 26.6. The van der Waals surface area contributed by atoms with Crippen LogP contribution in [0.1, 0.15) is 12.5 Å². The molecule has 2 aromatic carbocycles. The molecule has 0 atom stereocenters. The van der Waals surface area contributed by atoms with Crippen molar-refractivity contribution in [1.29, 1.82) is 0 Å². The van der Waals surface area contributed by atoms with Crippen molar-refractivity contribution in [3.63, 3.8) is 0 Å². The van der Waals surface area contributed by atoms with E-state index in [4.69, 9.17) is 47.4 Å². The van der Waals surface area contributed by atoms with Crippen LogP contribution in [0.2, 0.25) is 0 Å². The summed E-state index contributed by atoms with van der Waals surface area (Å²) in [6, 6.07) is 17.2. The summed E-state index contributed by atoms with van der Waals surface area (Å²) in [5.74, 6) is 0.612. The van der Waals surface area contributed by atoms with Crippen LogP contribution in [-0.4, -0.2) is 125 Å². The normalized spacial score (nSPS) is 11.1. The zero-order valence-electron chi connectivity index (χ0n) is 26.6. The van der Waals surface area contributed by atoms with Gasteiger partial charge in [0.05, 0.1) is 119 Å². The molecular weight excluding hydrogens is 586 g/mol. The predicted molar refractivity (Wildman–Crippen MR) is 169 cm³/mol. The van der Waals surface area contributed by atoms with Crippen LogP contribution in [-0.2, 0) is 54.0 Å². The smallest absolute Gasteiger partial charge is 0.221 e. The Labute approximate surface area is 267 Å². The molecular formula is C33H51NO11. The number of nitrogens with one attached hydrogen (secondary N) is 1. The Morgan fingerprint density at radius 3 is 1.20 bits per heavy atom. The molecule has 0 radical (unpaired) electrons. The molecule has 1 N–H and O–H groups in total. The fraction of sp³-hybridized carbons (Fsp3) is 0.606. The van der Waals surface area contributed by atoms with Crippen LogP contribution in [0.15, 0.2) is 54.6 Å². The lowest BCUT2D eigenvalue weighted by atomic mass is 10.2. The Hall–Kier alpha value is -2.65. The van der Waals surface area contributed by atoms with Crippen molar-refractivity contribution in [2.24, 2.45) is 0 Å². The van der Waals surface area contributed by atoms with Crippen molar-refractivity contribution in [1.82, 2.24) is 0 Å². The van der Waals surface area contributed by atoms with Crippen LogP contribution in [0.25, 0.3) is 0 Å². The first-order valence-electron chi connectivity index (χ1n) is 15.5. The van der Waals surface area contributed by atoms with Crippen LogP contribution in [0.3, 0.4) is 0 Å². The number of hydrogen-bond donors (Lipinski definition) is 1. The van der Waals surface area contributed by atoms with Gasteiger partial charge in [0.25, 0.3) is 0 Å². The van der Waals surface area contributed by atoms with E-state index in [-0.39, 0.29) is 5.91 Å². The number of hydrogen-bond acceptors (Lipinski definition) is 11. The molecule has 0 heterocycles. The number of carbonyl (C=O) groups excluding carboxylic acids is 1. The molecule has 45 heavy (non-hydrogen) atoms. The summed E-state index contributed by atoms with van der Waals surface area (Å²) in [5, 5.41) is 2.71. The van der Waals surface area contributed by atoms with Crippen LogP contribution >= 0.6 is 0 Å². The van der Waals surface area contributed by atoms with Crippen LogP contribution in [0, 0.1) is 0 Å². The van der Waals surface area contributed by atoms with Gasteiger partial charge in [-0.2, -0.15) is 0 Å². The average molecular weight is 638 g/mol. The highest BCUT2D eigenvalue weighted by atomic mass is 16.6. The molecule has 2 aromatic rings. The summed E-state index contributed by atoms with van der Waals surface area (Å²) < 4.78 is 55.0. The molecule has 0 fully saturated rings. The van der Waals surface area contributed by atoms with E-state index in [0.717, 1.165) is 17.0 Å². The van der Waals surface area contributed by atoms with Crippen LogP contribution in [0.5, 0.6) is 5.75 Å². The van der Waals surface area contributed by atoms with Gasteiger partial charge in [-0.15, -0.1) is 0 Å². The van der Waals surface area contributed by atoms with E-state index in [1.165, 1.54) is 6.92 Å². The first kappa shape index (κ1) is 38.5. The minimum atomic E-state index is -0.107. The standard InChI is InChI=1S/C33H51NO11/c1-30(35)34-32-7-9-33(10-8-32)45-28-27-43-24-23-41-20-19-39-16-15-37-12-11-36-13-14-38-17-18-40-21-22-42-25-26-44-29-31-5-3-2-4-6-31/h2-10H,11-29H2,1H3,(H,34,35). The second-order valence-electron chi connectivity index (χ2n) is 9.49. The highest BCUT2D eigenvalue weighted by Crippen LogP contribution is 2.15. The largest absolute Gasteiger partial charge is 0.491 e. The Morgan fingerprint density at radius 2 is 0.822 bits per heavy atom. The highest BCUT2D eigenvalue weighted by molar-refractivity contribution is 5.88. The molecule has 0 aliphatic carbocycles. The van der Waals surface area contributed by atoms with E-state index in [9.17, 15) is 4.79 Å². The second kappa shape index (κ2) is 28.8. The second-order valence-corrected chi connectivity index (χ2v) is 9.49. The van der Waals surface area contributed by atoms with Gasteiger partial charge in [0.15, 0.2) is 0 Å². The van der Waals surface area contributed by atoms with E-state index < -0.39 is 0 Å². The van der Waals surface area contributed by atoms with Gasteiger partial charge >= 0.3 is 0 Å². The van der Waals surface area contributed by atoms with E-state index in [1.807, 2.05) is 30.3 Å². The lowest BCUT2D eigenvalue weighted by molar-refractivity contribution is -0.114. The molecule has 1 amide bonds. The average Bonchev–Trinajstić information content (AvgIpc) is 3.05. The molecule has 12 heteroatoms. The van der Waals surface area contributed by atoms with E-state index >= 15 is 0 Å². The number of rotatable bonds is 31. The fourth-order valence-electron chi connectivity index (χ4n) is 3.58. The minimum Gasteiger partial charge on any atom is -0.491 e. The van der Waals surface area contributed by atoms with Gasteiger partial charge in [-0.05, 0) is 29.8 Å². The summed E-state index contributed by atoms with van der Waals surface area (Å²) in [5.41, 5.74) is 1.89. The first-order valence-corrected chi connectivity index (χ1v) is 15.5. The van der Waals surface area contributed by atoms with Crippen molar-refractivity contribution in [3.8, 4) is 5.75 Å². The molecule has 12 nitrogen and oxygen atoms in total. The van der Waals surface area contributed by atoms with E-state index in [2.05, 4.69) is 5.32 Å². The zero-order chi connectivity index (χ0) is 31.9. The third-order valence-electron chi connectivity index (χ3n) is 5.76. The maximum atomic E-state index is 11.0. The molecule has 2 rings (SSSR count). The maximum absolute atomic E-state index is 11.0. The Bertz CT molecular complexity index is 934. The monoisotopic (exact) mass is 637 g/mol. The Kier molecular flexibility index (Phi) is 24.7. The summed E-state index contributed by atoms with van der Waals surface area (Å²) in [6.45, 7) is 11.2. The summed E-state index contributed by atoms with van der Waals surface area (Å²) in [6.07, 6.45) is 0. The van der Waals surface area contributed by atoms with E-state index in [0.29, 0.717) is 126 Å². The van der Waals surface area contributed by atoms with Gasteiger partial charge in [0.2, 0.25) is 5.91 Å². The molecule has 0 bridgehead atoms. The van der Waals surface area contributed by atoms with Gasteiger partial charge in [-0.3, -0.25) is 4.79 Å². The molecule has 0 saturated heterocycles. The number of amides is 1. The molecule has 0 spiro atoms. The van der Waals surface area contributed by atoms with Crippen molar-refractivity contribution in [3.05, 3.63) is 60.2 Å². The van der Waals surface area contributed by atoms with Gasteiger partial charge in [-0.1, -0.05) is 30.3 Å². The van der Waals surface area contributed by atoms with Gasteiger partial charge < -0.3 is 52.7 Å². The molecule has 0 saturated carbocycles. The molecule has 0 aliphatic rings. The fourth-order valence-corrected chi connectivity index (χ4v) is 3.58. The Morgan fingerprint density at radius 1 is 0.467 bits per heavy atom. The Balaban J connectivity index is 1.18. The summed E-state index contributed by atoms with van der Waals surface area (Å²) in [4.78, 5) is 11.0. The molecule has 254 valence electrons. The highest BCUT2D eigenvalue weighted by Gasteiger charge is 1.99. The van der Waals surface area contributed by atoms with Crippen LogP contribution < -0.4 is 10.1 Å². The number of anilines is 1.